The summed E-state index contributed by atoms with van der Waals surface area (Å²) in [6, 6.07) is 44.0. The van der Waals surface area contributed by atoms with Gasteiger partial charge in [-0.2, -0.15) is 0 Å². The Morgan fingerprint density at radius 1 is 0.655 bits per heavy atom. The molecule has 1 radical (unpaired) electrons. The number of rotatable bonds is 4. The summed E-state index contributed by atoms with van der Waals surface area (Å²) in [7, 11) is 0. The van der Waals surface area contributed by atoms with Gasteiger partial charge in [-0.1, -0.05) is 93.4 Å². The molecule has 2 aliphatic heterocycles. The molecular formula is C49H43IrN3O2-2. The average molecular weight is 898 g/mol. The zero-order chi connectivity index (χ0) is 37.6. The minimum Gasteiger partial charge on any atom is -0.497 e. The van der Waals surface area contributed by atoms with Crippen molar-refractivity contribution in [3.05, 3.63) is 162 Å². The van der Waals surface area contributed by atoms with Crippen LogP contribution in [0.25, 0.3) is 33.6 Å². The molecule has 277 valence electrons. The van der Waals surface area contributed by atoms with Gasteiger partial charge in [0.2, 0.25) is 0 Å². The van der Waals surface area contributed by atoms with Crippen molar-refractivity contribution < 1.29 is 29.6 Å². The number of nitrogens with zero attached hydrogens (tertiary/aromatic N) is 3. The number of ether oxygens (including phenoxy) is 2. The maximum atomic E-state index is 6.47. The normalized spacial score (nSPS) is 12.1. The number of hydrogen-bond donors (Lipinski definition) is 0. The number of fused-ring (bicyclic) bond motifs is 4. The van der Waals surface area contributed by atoms with Gasteiger partial charge in [0.15, 0.2) is 0 Å². The molecule has 5 nitrogen and oxygen atoms in total. The first-order chi connectivity index (χ1) is 26.0. The van der Waals surface area contributed by atoms with Crippen molar-refractivity contribution in [3.63, 3.8) is 0 Å². The second kappa shape index (κ2) is 15.3. The van der Waals surface area contributed by atoms with Crippen molar-refractivity contribution in [3.8, 4) is 56.6 Å². The molecule has 0 saturated heterocycles. The molecule has 0 atom stereocenters. The number of aryl methyl sites for hydroxylation is 4. The van der Waals surface area contributed by atoms with Crippen molar-refractivity contribution in [1.82, 2.24) is 9.97 Å². The van der Waals surface area contributed by atoms with Crippen LogP contribution < -0.4 is 14.4 Å². The van der Waals surface area contributed by atoms with Crippen LogP contribution in [0.2, 0.25) is 0 Å². The number of hydrogen-bond acceptors (Lipinski definition) is 5. The van der Waals surface area contributed by atoms with Gasteiger partial charge in [-0.05, 0) is 102 Å². The Morgan fingerprint density at radius 2 is 1.38 bits per heavy atom. The van der Waals surface area contributed by atoms with Crippen molar-refractivity contribution >= 4 is 17.1 Å². The van der Waals surface area contributed by atoms with Crippen LogP contribution in [0.4, 0.5) is 17.1 Å². The van der Waals surface area contributed by atoms with E-state index in [2.05, 4.69) is 136 Å². The Kier molecular flexibility index (Phi) is 10.5. The maximum Gasteiger partial charge on any atom is 0.138 e. The Bertz CT molecular complexity index is 2510. The monoisotopic (exact) mass is 898 g/mol. The summed E-state index contributed by atoms with van der Waals surface area (Å²) in [4.78, 5) is 11.5. The number of aromatic nitrogens is 2. The zero-order valence-electron chi connectivity index (χ0n) is 32.2. The van der Waals surface area contributed by atoms with E-state index in [1.165, 1.54) is 38.9 Å². The van der Waals surface area contributed by atoms with Crippen molar-refractivity contribution in [2.75, 3.05) is 4.90 Å². The summed E-state index contributed by atoms with van der Waals surface area (Å²) in [6.45, 7) is 15.2. The summed E-state index contributed by atoms with van der Waals surface area (Å²) in [5.41, 5.74) is 15.5. The molecule has 0 unspecified atom stereocenters. The van der Waals surface area contributed by atoms with E-state index in [-0.39, 0.29) is 25.5 Å². The summed E-state index contributed by atoms with van der Waals surface area (Å²) in [6.07, 6.45) is 4.79. The molecule has 2 aliphatic rings. The van der Waals surface area contributed by atoms with E-state index >= 15 is 0 Å². The fourth-order valence-corrected chi connectivity index (χ4v) is 7.02. The molecule has 0 N–H and O–H groups in total. The summed E-state index contributed by atoms with van der Waals surface area (Å²) >= 11 is 0. The molecule has 0 aliphatic carbocycles. The van der Waals surface area contributed by atoms with Gasteiger partial charge in [-0.25, -0.2) is 0 Å². The predicted octanol–water partition coefficient (Wildman–Crippen LogP) is 13.3. The first-order valence-corrected chi connectivity index (χ1v) is 18.4. The standard InChI is InChI=1S/C28H23N2O2.C21H20N.Ir/c1-28(2,3)17-18-14-15-29-20(16-18)19-12-13-25-26-27(19)32-24-11-7-5-9-22(24)30(26)21-8-4-6-10-23(21)31-25;1-14-5-8-18(9-6-14)21-12-20(17(4)13-22-21)19-10-7-15(2)16(3)11-19;/h4-11,13-16H,17H2,1-3H3;5-8,10-13H,1-4H3;/q2*-1;. The topological polar surface area (TPSA) is 47.5 Å². The van der Waals surface area contributed by atoms with Gasteiger partial charge in [0.05, 0.1) is 22.9 Å². The first-order valence-electron chi connectivity index (χ1n) is 18.4. The Morgan fingerprint density at radius 3 is 2.07 bits per heavy atom. The smallest absolute Gasteiger partial charge is 0.138 e. The third-order valence-electron chi connectivity index (χ3n) is 9.87. The molecule has 55 heavy (non-hydrogen) atoms. The third-order valence-corrected chi connectivity index (χ3v) is 9.87. The van der Waals surface area contributed by atoms with E-state index in [0.29, 0.717) is 0 Å². The van der Waals surface area contributed by atoms with Gasteiger partial charge in [0.1, 0.15) is 11.5 Å². The Balaban J connectivity index is 0.000000178. The molecule has 9 rings (SSSR count). The third kappa shape index (κ3) is 7.71. The van der Waals surface area contributed by atoms with Crippen LogP contribution >= 0.6 is 0 Å². The molecule has 0 saturated carbocycles. The SMILES string of the molecule is CC(C)(C)Cc1ccnc(-c2[c-]cc3c4c2Oc2ccccc2N4c2ccccc2O3)c1.Cc1c[c-]c(-c2cc(-c3ccc(C)c(C)c3)c(C)cn2)cc1.[Ir]. The average Bonchev–Trinajstić information content (AvgIpc) is 3.16. The zero-order valence-corrected chi connectivity index (χ0v) is 34.6. The van der Waals surface area contributed by atoms with E-state index in [4.69, 9.17) is 9.47 Å². The molecule has 7 aromatic rings. The second-order valence-electron chi connectivity index (χ2n) is 15.4. The van der Waals surface area contributed by atoms with Gasteiger partial charge < -0.3 is 24.3 Å². The fraction of sp³-hybridized carbons (Fsp3) is 0.184. The molecular weight excluding hydrogens is 855 g/mol. The molecule has 6 heteroatoms. The number of anilines is 3. The van der Waals surface area contributed by atoms with E-state index in [9.17, 15) is 0 Å². The molecule has 0 fully saturated rings. The summed E-state index contributed by atoms with van der Waals surface area (Å²) in [5.74, 6) is 3.06. The molecule has 0 spiro atoms. The van der Waals surface area contributed by atoms with Crippen LogP contribution in [0.3, 0.4) is 0 Å². The van der Waals surface area contributed by atoms with E-state index in [1.807, 2.05) is 60.9 Å². The number of para-hydroxylation sites is 4. The maximum absolute atomic E-state index is 6.47. The van der Waals surface area contributed by atoms with Crippen molar-refractivity contribution in [1.29, 1.82) is 0 Å². The molecule has 5 aromatic carbocycles. The van der Waals surface area contributed by atoms with Crippen LogP contribution in [0.15, 0.2) is 122 Å². The van der Waals surface area contributed by atoms with Crippen molar-refractivity contribution in [2.24, 2.45) is 5.41 Å². The quantitative estimate of drug-likeness (QED) is 0.165. The molecule has 2 aromatic heterocycles. The van der Waals surface area contributed by atoms with Crippen molar-refractivity contribution in [2.45, 2.75) is 54.9 Å². The van der Waals surface area contributed by atoms with Crippen LogP contribution in [0.5, 0.6) is 23.0 Å². The predicted molar refractivity (Wildman–Crippen MR) is 219 cm³/mol. The molecule has 0 amide bonds. The largest absolute Gasteiger partial charge is 0.497 e. The van der Waals surface area contributed by atoms with Gasteiger partial charge in [0.25, 0.3) is 0 Å². The van der Waals surface area contributed by atoms with E-state index in [1.54, 1.807) is 0 Å². The van der Waals surface area contributed by atoms with Crippen LogP contribution in [-0.2, 0) is 26.5 Å². The Hall–Kier alpha value is -5.55. The first kappa shape index (κ1) is 37.8. The minimum absolute atomic E-state index is 0. The second-order valence-corrected chi connectivity index (χ2v) is 15.4. The minimum atomic E-state index is 0. The molecule has 0 bridgehead atoms. The van der Waals surface area contributed by atoms with Gasteiger partial charge in [0, 0.05) is 38.2 Å². The Labute approximate surface area is 338 Å². The summed E-state index contributed by atoms with van der Waals surface area (Å²) < 4.78 is 12.7. The van der Waals surface area contributed by atoms with Gasteiger partial charge >= 0.3 is 0 Å². The van der Waals surface area contributed by atoms with Gasteiger partial charge in [-0.3, -0.25) is 0 Å². The molecule has 4 heterocycles. The van der Waals surface area contributed by atoms with Crippen LogP contribution in [0.1, 0.15) is 48.6 Å². The number of benzene rings is 5. The van der Waals surface area contributed by atoms with E-state index in [0.717, 1.165) is 69.0 Å². The summed E-state index contributed by atoms with van der Waals surface area (Å²) in [5, 5.41) is 0. The van der Waals surface area contributed by atoms with Crippen LogP contribution in [0, 0.1) is 45.2 Å². The van der Waals surface area contributed by atoms with Crippen LogP contribution in [-0.4, -0.2) is 9.97 Å². The van der Waals surface area contributed by atoms with E-state index < -0.39 is 0 Å². The van der Waals surface area contributed by atoms with Gasteiger partial charge in [-0.15, -0.1) is 47.5 Å². The fourth-order valence-electron chi connectivity index (χ4n) is 7.02. The number of pyridine rings is 2.